The molecule has 0 saturated heterocycles. The van der Waals surface area contributed by atoms with Crippen LogP contribution in [-0.2, 0) is 0 Å². The van der Waals surface area contributed by atoms with E-state index in [1.54, 1.807) is 30.5 Å². The van der Waals surface area contributed by atoms with Gasteiger partial charge in [0.1, 0.15) is 5.69 Å². The van der Waals surface area contributed by atoms with Gasteiger partial charge in [-0.05, 0) is 48.5 Å². The van der Waals surface area contributed by atoms with E-state index in [9.17, 15) is 4.79 Å². The van der Waals surface area contributed by atoms with E-state index in [0.29, 0.717) is 34.2 Å². The van der Waals surface area contributed by atoms with Gasteiger partial charge in [0, 0.05) is 16.2 Å². The maximum Gasteiger partial charge on any atom is 0.260 e. The SMILES string of the molecule is O=C(Nc1ccccc1-c1nc(-c2ccccn2)no1)c1ccc(Br)cc1. The molecule has 0 spiro atoms. The molecule has 1 amide bonds. The van der Waals surface area contributed by atoms with Gasteiger partial charge in [0.15, 0.2) is 0 Å². The zero-order chi connectivity index (χ0) is 18.6. The van der Waals surface area contributed by atoms with Crippen LogP contribution in [-0.4, -0.2) is 21.0 Å². The molecule has 4 rings (SSSR count). The van der Waals surface area contributed by atoms with Crippen molar-refractivity contribution in [3.8, 4) is 23.0 Å². The predicted molar refractivity (Wildman–Crippen MR) is 105 cm³/mol. The number of nitrogens with zero attached hydrogens (tertiary/aromatic N) is 3. The van der Waals surface area contributed by atoms with Crippen LogP contribution in [0.15, 0.2) is 81.9 Å². The molecule has 0 atom stereocenters. The van der Waals surface area contributed by atoms with Crippen molar-refractivity contribution in [1.82, 2.24) is 15.1 Å². The molecule has 0 bridgehead atoms. The summed E-state index contributed by atoms with van der Waals surface area (Å²) in [7, 11) is 0. The Labute approximate surface area is 163 Å². The molecule has 27 heavy (non-hydrogen) atoms. The molecular formula is C20H13BrN4O2. The fraction of sp³-hybridized carbons (Fsp3) is 0. The number of benzene rings is 2. The number of rotatable bonds is 4. The summed E-state index contributed by atoms with van der Waals surface area (Å²) < 4.78 is 6.30. The lowest BCUT2D eigenvalue weighted by Crippen LogP contribution is -2.12. The number of anilines is 1. The van der Waals surface area contributed by atoms with Gasteiger partial charge in [-0.15, -0.1) is 0 Å². The monoisotopic (exact) mass is 420 g/mol. The second-order valence-electron chi connectivity index (χ2n) is 5.64. The highest BCUT2D eigenvalue weighted by Gasteiger charge is 2.16. The zero-order valence-corrected chi connectivity index (χ0v) is 15.6. The molecule has 0 fully saturated rings. The average molecular weight is 421 g/mol. The Morgan fingerprint density at radius 2 is 1.74 bits per heavy atom. The van der Waals surface area contributed by atoms with E-state index in [1.165, 1.54) is 0 Å². The highest BCUT2D eigenvalue weighted by Crippen LogP contribution is 2.28. The molecule has 132 valence electrons. The van der Waals surface area contributed by atoms with E-state index in [2.05, 4.69) is 36.4 Å². The van der Waals surface area contributed by atoms with Crippen molar-refractivity contribution in [3.63, 3.8) is 0 Å². The third-order valence-electron chi connectivity index (χ3n) is 3.83. The van der Waals surface area contributed by atoms with E-state index in [-0.39, 0.29) is 5.91 Å². The summed E-state index contributed by atoms with van der Waals surface area (Å²) in [5, 5.41) is 6.88. The standard InChI is InChI=1S/C20H13BrN4O2/c21-14-10-8-13(9-11-14)19(26)23-16-6-2-1-5-15(16)20-24-18(25-27-20)17-7-3-4-12-22-17/h1-12H,(H,23,26). The van der Waals surface area contributed by atoms with Gasteiger partial charge in [-0.1, -0.05) is 39.3 Å². The molecular weight excluding hydrogens is 408 g/mol. The Hall–Kier alpha value is -3.32. The van der Waals surface area contributed by atoms with Crippen LogP contribution < -0.4 is 5.32 Å². The zero-order valence-electron chi connectivity index (χ0n) is 14.0. The number of aromatic nitrogens is 3. The Bertz CT molecular complexity index is 1080. The summed E-state index contributed by atoms with van der Waals surface area (Å²) in [5.74, 6) is 0.474. The van der Waals surface area contributed by atoms with Crippen molar-refractivity contribution in [2.75, 3.05) is 5.32 Å². The number of para-hydroxylation sites is 1. The number of hydrogen-bond acceptors (Lipinski definition) is 5. The van der Waals surface area contributed by atoms with Gasteiger partial charge >= 0.3 is 0 Å². The number of pyridine rings is 1. The van der Waals surface area contributed by atoms with Gasteiger partial charge < -0.3 is 9.84 Å². The highest BCUT2D eigenvalue weighted by atomic mass is 79.9. The minimum atomic E-state index is -0.223. The van der Waals surface area contributed by atoms with E-state index >= 15 is 0 Å². The minimum Gasteiger partial charge on any atom is -0.333 e. The van der Waals surface area contributed by atoms with Crippen LogP contribution in [0.1, 0.15) is 10.4 Å². The van der Waals surface area contributed by atoms with E-state index < -0.39 is 0 Å². The summed E-state index contributed by atoms with van der Waals surface area (Å²) in [6.07, 6.45) is 1.66. The molecule has 0 radical (unpaired) electrons. The Balaban J connectivity index is 1.63. The average Bonchev–Trinajstić information content (AvgIpc) is 3.19. The predicted octanol–water partition coefficient (Wildman–Crippen LogP) is 4.81. The summed E-state index contributed by atoms with van der Waals surface area (Å²) in [4.78, 5) is 21.2. The molecule has 2 aromatic heterocycles. The fourth-order valence-corrected chi connectivity index (χ4v) is 2.77. The first-order chi connectivity index (χ1) is 13.2. The molecule has 6 nitrogen and oxygen atoms in total. The fourth-order valence-electron chi connectivity index (χ4n) is 2.51. The third kappa shape index (κ3) is 3.78. The van der Waals surface area contributed by atoms with Crippen LogP contribution in [0, 0.1) is 0 Å². The summed E-state index contributed by atoms with van der Waals surface area (Å²) in [6.45, 7) is 0. The molecule has 0 aliphatic heterocycles. The van der Waals surface area contributed by atoms with E-state index in [4.69, 9.17) is 4.52 Å². The Kier molecular flexibility index (Phi) is 4.76. The maximum atomic E-state index is 12.5. The van der Waals surface area contributed by atoms with Crippen molar-refractivity contribution in [3.05, 3.63) is 83.0 Å². The maximum absolute atomic E-state index is 12.5. The summed E-state index contributed by atoms with van der Waals surface area (Å²) in [5.41, 5.74) is 2.39. The van der Waals surface area contributed by atoms with Gasteiger partial charge in [-0.3, -0.25) is 9.78 Å². The lowest BCUT2D eigenvalue weighted by atomic mass is 10.1. The van der Waals surface area contributed by atoms with Crippen LogP contribution in [0.25, 0.3) is 23.0 Å². The minimum absolute atomic E-state index is 0.223. The first-order valence-electron chi connectivity index (χ1n) is 8.12. The van der Waals surface area contributed by atoms with Crippen LogP contribution in [0.5, 0.6) is 0 Å². The number of carbonyl (C=O) groups is 1. The normalized spacial score (nSPS) is 10.6. The van der Waals surface area contributed by atoms with Gasteiger partial charge in [-0.25, -0.2) is 0 Å². The molecule has 2 heterocycles. The van der Waals surface area contributed by atoms with Crippen LogP contribution >= 0.6 is 15.9 Å². The van der Waals surface area contributed by atoms with E-state index in [1.807, 2.05) is 42.5 Å². The second kappa shape index (κ2) is 7.51. The Morgan fingerprint density at radius 3 is 2.52 bits per heavy atom. The number of hydrogen-bond donors (Lipinski definition) is 1. The lowest BCUT2D eigenvalue weighted by molar-refractivity contribution is 0.102. The second-order valence-corrected chi connectivity index (χ2v) is 6.56. The van der Waals surface area contributed by atoms with Crippen molar-refractivity contribution in [1.29, 1.82) is 0 Å². The van der Waals surface area contributed by atoms with Crippen LogP contribution in [0.2, 0.25) is 0 Å². The Morgan fingerprint density at radius 1 is 0.963 bits per heavy atom. The lowest BCUT2D eigenvalue weighted by Gasteiger charge is -2.08. The van der Waals surface area contributed by atoms with Crippen LogP contribution in [0.4, 0.5) is 5.69 Å². The topological polar surface area (TPSA) is 80.9 Å². The first kappa shape index (κ1) is 17.1. The highest BCUT2D eigenvalue weighted by molar-refractivity contribution is 9.10. The summed E-state index contributed by atoms with van der Waals surface area (Å²) in [6, 6.07) is 19.9. The molecule has 2 aromatic carbocycles. The van der Waals surface area contributed by atoms with Gasteiger partial charge in [0.2, 0.25) is 5.82 Å². The number of amides is 1. The third-order valence-corrected chi connectivity index (χ3v) is 4.36. The first-order valence-corrected chi connectivity index (χ1v) is 8.91. The summed E-state index contributed by atoms with van der Waals surface area (Å²) >= 11 is 3.36. The van der Waals surface area contributed by atoms with Crippen molar-refractivity contribution < 1.29 is 9.32 Å². The smallest absolute Gasteiger partial charge is 0.260 e. The van der Waals surface area contributed by atoms with E-state index in [0.717, 1.165) is 4.47 Å². The van der Waals surface area contributed by atoms with Gasteiger partial charge in [0.25, 0.3) is 11.8 Å². The van der Waals surface area contributed by atoms with Crippen molar-refractivity contribution >= 4 is 27.5 Å². The molecule has 4 aromatic rings. The molecule has 0 unspecified atom stereocenters. The number of nitrogens with one attached hydrogen (secondary N) is 1. The van der Waals surface area contributed by atoms with Gasteiger partial charge in [-0.2, -0.15) is 4.98 Å². The molecule has 0 aliphatic rings. The molecule has 0 saturated carbocycles. The molecule has 7 heteroatoms. The van der Waals surface area contributed by atoms with Gasteiger partial charge in [0.05, 0.1) is 11.3 Å². The number of carbonyl (C=O) groups excluding carboxylic acids is 1. The molecule has 0 aliphatic carbocycles. The quantitative estimate of drug-likeness (QED) is 0.511. The molecule has 1 N–H and O–H groups in total. The van der Waals surface area contributed by atoms with Crippen molar-refractivity contribution in [2.45, 2.75) is 0 Å². The van der Waals surface area contributed by atoms with Crippen molar-refractivity contribution in [2.24, 2.45) is 0 Å². The largest absolute Gasteiger partial charge is 0.333 e. The van der Waals surface area contributed by atoms with Crippen LogP contribution in [0.3, 0.4) is 0 Å². The number of halogens is 1.